The Balaban J connectivity index is 1.64. The van der Waals surface area contributed by atoms with Crippen molar-refractivity contribution >= 4 is 39.3 Å². The molecule has 0 aliphatic carbocycles. The van der Waals surface area contributed by atoms with Gasteiger partial charge in [0.2, 0.25) is 0 Å². The Morgan fingerprint density at radius 1 is 0.457 bits per heavy atom. The van der Waals surface area contributed by atoms with Crippen molar-refractivity contribution < 1.29 is 4.57 Å². The molecule has 0 unspecified atom stereocenters. The second-order valence-electron chi connectivity index (χ2n) is 8.92. The third-order valence-electron chi connectivity index (χ3n) is 6.81. The first kappa shape index (κ1) is 21.6. The third-order valence-corrected chi connectivity index (χ3v) is 9.86. The van der Waals surface area contributed by atoms with Crippen LogP contribution in [-0.4, -0.2) is 0 Å². The molecule has 6 rings (SSSR count). The summed E-state index contributed by atoms with van der Waals surface area (Å²) >= 11 is 0. The third kappa shape index (κ3) is 3.89. The lowest BCUT2D eigenvalue weighted by molar-refractivity contribution is 0.586. The highest BCUT2D eigenvalue weighted by Crippen LogP contribution is 2.50. The number of rotatable bonds is 5. The molecule has 35 heavy (non-hydrogen) atoms. The number of hydrogen-bond acceptors (Lipinski definition) is 1. The highest BCUT2D eigenvalue weighted by molar-refractivity contribution is 7.78. The fraction of sp³-hybridized carbons (Fsp3) is 0.0303. The molecule has 0 N–H and O–H groups in total. The van der Waals surface area contributed by atoms with Crippen LogP contribution in [0.3, 0.4) is 0 Å². The summed E-state index contributed by atoms with van der Waals surface area (Å²) in [7, 11) is -2.93. The molecule has 6 aromatic carbocycles. The molecule has 0 radical (unpaired) electrons. The van der Waals surface area contributed by atoms with Crippen LogP contribution in [0, 0.1) is 0 Å². The number of hydrogen-bond donors (Lipinski definition) is 0. The minimum absolute atomic E-state index is 0.463. The Kier molecular flexibility index (Phi) is 5.57. The van der Waals surface area contributed by atoms with E-state index >= 15 is 0 Å². The van der Waals surface area contributed by atoms with E-state index in [2.05, 4.69) is 78.9 Å². The van der Waals surface area contributed by atoms with Gasteiger partial charge in [0.15, 0.2) is 0 Å². The van der Waals surface area contributed by atoms with Gasteiger partial charge < -0.3 is 4.57 Å². The summed E-state index contributed by atoms with van der Waals surface area (Å²) < 4.78 is 15.0. The normalized spacial score (nSPS) is 11.7. The highest BCUT2D eigenvalue weighted by atomic mass is 31.2. The topological polar surface area (TPSA) is 17.1 Å². The van der Waals surface area contributed by atoms with Gasteiger partial charge in [-0.2, -0.15) is 0 Å². The van der Waals surface area contributed by atoms with E-state index in [4.69, 9.17) is 0 Å². The van der Waals surface area contributed by atoms with Crippen molar-refractivity contribution in [3.8, 4) is 11.1 Å². The largest absolute Gasteiger partial charge is 0.313 e. The van der Waals surface area contributed by atoms with E-state index in [-0.39, 0.29) is 0 Å². The summed E-state index contributed by atoms with van der Waals surface area (Å²) in [5, 5.41) is 6.58. The SMILES string of the molecule is O=P(Cc1ccc2ccccc2c1-c1cccc2ccccc12)(c1ccccc1)c1ccccc1. The lowest BCUT2D eigenvalue weighted by Crippen LogP contribution is -2.17. The Morgan fingerprint density at radius 3 is 1.63 bits per heavy atom. The van der Waals surface area contributed by atoms with Crippen LogP contribution in [-0.2, 0) is 10.7 Å². The molecule has 0 aromatic heterocycles. The lowest BCUT2D eigenvalue weighted by Gasteiger charge is -2.23. The van der Waals surface area contributed by atoms with Gasteiger partial charge in [0, 0.05) is 16.8 Å². The summed E-state index contributed by atoms with van der Waals surface area (Å²) in [6.07, 6.45) is 0.463. The first-order chi connectivity index (χ1) is 17.2. The Morgan fingerprint density at radius 2 is 0.971 bits per heavy atom. The maximum atomic E-state index is 15.0. The average molecular weight is 469 g/mol. The Bertz CT molecular complexity index is 1640. The minimum atomic E-state index is -2.93. The molecule has 0 bridgehead atoms. The van der Waals surface area contributed by atoms with Crippen LogP contribution >= 0.6 is 7.14 Å². The maximum absolute atomic E-state index is 15.0. The summed E-state index contributed by atoms with van der Waals surface area (Å²) in [5.74, 6) is 0. The molecule has 0 fully saturated rings. The van der Waals surface area contributed by atoms with E-state index in [9.17, 15) is 4.57 Å². The van der Waals surface area contributed by atoms with E-state index in [1.165, 1.54) is 32.7 Å². The molecule has 0 aliphatic rings. The van der Waals surface area contributed by atoms with Crippen molar-refractivity contribution in [2.45, 2.75) is 6.16 Å². The van der Waals surface area contributed by atoms with Gasteiger partial charge in [0.05, 0.1) is 0 Å². The molecule has 6 aromatic rings. The van der Waals surface area contributed by atoms with Crippen molar-refractivity contribution in [3.05, 3.63) is 145 Å². The average Bonchev–Trinajstić information content (AvgIpc) is 2.93. The monoisotopic (exact) mass is 468 g/mol. The molecular weight excluding hydrogens is 443 g/mol. The standard InChI is InChI=1S/C33H25OP/c34-35(28-15-3-1-4-16-28,29-17-5-2-6-18-29)24-27-23-22-26-13-8-10-20-31(26)33(27)32-21-11-14-25-12-7-9-19-30(25)32/h1-23H,24H2. The Labute approximate surface area is 206 Å². The second kappa shape index (κ2) is 9.02. The summed E-state index contributed by atoms with van der Waals surface area (Å²) in [6.45, 7) is 0. The fourth-order valence-electron chi connectivity index (χ4n) is 5.12. The number of benzene rings is 6. The quantitative estimate of drug-likeness (QED) is 0.233. The van der Waals surface area contributed by atoms with Crippen LogP contribution in [0.5, 0.6) is 0 Å². The molecule has 168 valence electrons. The first-order valence-corrected chi connectivity index (χ1v) is 13.8. The van der Waals surface area contributed by atoms with Gasteiger partial charge in [-0.25, -0.2) is 0 Å². The van der Waals surface area contributed by atoms with Gasteiger partial charge in [0.25, 0.3) is 0 Å². The smallest absolute Gasteiger partial charge is 0.147 e. The predicted molar refractivity (Wildman–Crippen MR) is 150 cm³/mol. The predicted octanol–water partition coefficient (Wildman–Crippen LogP) is 8.17. The summed E-state index contributed by atoms with van der Waals surface area (Å²) in [6, 6.07) is 47.8. The van der Waals surface area contributed by atoms with E-state index < -0.39 is 7.14 Å². The highest BCUT2D eigenvalue weighted by Gasteiger charge is 2.29. The summed E-state index contributed by atoms with van der Waals surface area (Å²) in [4.78, 5) is 0. The Hall–Kier alpha value is -3.93. The van der Waals surface area contributed by atoms with Gasteiger partial charge >= 0.3 is 0 Å². The molecule has 0 heterocycles. The van der Waals surface area contributed by atoms with Crippen LogP contribution < -0.4 is 10.6 Å². The zero-order valence-corrected chi connectivity index (χ0v) is 20.2. The van der Waals surface area contributed by atoms with Crippen molar-refractivity contribution in [1.82, 2.24) is 0 Å². The van der Waals surface area contributed by atoms with Gasteiger partial charge in [-0.3, -0.25) is 0 Å². The van der Waals surface area contributed by atoms with Gasteiger partial charge in [-0.15, -0.1) is 0 Å². The molecule has 0 spiro atoms. The van der Waals surface area contributed by atoms with Crippen molar-refractivity contribution in [3.63, 3.8) is 0 Å². The molecule has 0 amide bonds. The van der Waals surface area contributed by atoms with Crippen molar-refractivity contribution in [2.24, 2.45) is 0 Å². The van der Waals surface area contributed by atoms with E-state index in [0.29, 0.717) is 6.16 Å². The molecule has 0 aliphatic heterocycles. The first-order valence-electron chi connectivity index (χ1n) is 11.9. The molecule has 0 saturated heterocycles. The zero-order valence-electron chi connectivity index (χ0n) is 19.3. The van der Waals surface area contributed by atoms with Gasteiger partial charge in [-0.1, -0.05) is 140 Å². The van der Waals surface area contributed by atoms with E-state index in [0.717, 1.165) is 16.2 Å². The van der Waals surface area contributed by atoms with Crippen molar-refractivity contribution in [1.29, 1.82) is 0 Å². The van der Waals surface area contributed by atoms with E-state index in [1.807, 2.05) is 60.7 Å². The van der Waals surface area contributed by atoms with Crippen LogP contribution in [0.15, 0.2) is 140 Å². The molecule has 1 nitrogen and oxygen atoms in total. The lowest BCUT2D eigenvalue weighted by atomic mass is 9.91. The molecule has 2 heteroatoms. The second-order valence-corrected chi connectivity index (χ2v) is 11.7. The van der Waals surface area contributed by atoms with Crippen LogP contribution in [0.4, 0.5) is 0 Å². The minimum Gasteiger partial charge on any atom is -0.313 e. The maximum Gasteiger partial charge on any atom is 0.147 e. The molecular formula is C33H25OP. The molecule has 0 saturated carbocycles. The van der Waals surface area contributed by atoms with Crippen LogP contribution in [0.2, 0.25) is 0 Å². The van der Waals surface area contributed by atoms with Crippen LogP contribution in [0.25, 0.3) is 32.7 Å². The van der Waals surface area contributed by atoms with Crippen LogP contribution in [0.1, 0.15) is 5.56 Å². The summed E-state index contributed by atoms with van der Waals surface area (Å²) in [5.41, 5.74) is 3.46. The fourth-order valence-corrected chi connectivity index (χ4v) is 7.83. The number of fused-ring (bicyclic) bond motifs is 2. The molecule has 0 atom stereocenters. The van der Waals surface area contributed by atoms with E-state index in [1.54, 1.807) is 0 Å². The van der Waals surface area contributed by atoms with Gasteiger partial charge in [-0.05, 0) is 38.2 Å². The van der Waals surface area contributed by atoms with Crippen molar-refractivity contribution in [2.75, 3.05) is 0 Å². The van der Waals surface area contributed by atoms with Gasteiger partial charge in [0.1, 0.15) is 7.14 Å². The zero-order chi connectivity index (χ0) is 23.7.